The lowest BCUT2D eigenvalue weighted by Crippen LogP contribution is -2.19. The van der Waals surface area contributed by atoms with Crippen molar-refractivity contribution in [3.63, 3.8) is 0 Å². The number of nitro groups is 1. The fourth-order valence-electron chi connectivity index (χ4n) is 2.59. The highest BCUT2D eigenvalue weighted by molar-refractivity contribution is 6.32. The van der Waals surface area contributed by atoms with Crippen molar-refractivity contribution >= 4 is 23.0 Å². The Hall–Kier alpha value is -2.01. The van der Waals surface area contributed by atoms with Gasteiger partial charge in [0.1, 0.15) is 5.69 Å². The normalized spacial score (nSPS) is 14.8. The number of hydrogen-bond donors (Lipinski definition) is 0. The van der Waals surface area contributed by atoms with Gasteiger partial charge in [-0.2, -0.15) is 0 Å². The van der Waals surface area contributed by atoms with E-state index in [-0.39, 0.29) is 10.6 Å². The maximum atomic E-state index is 11.2. The molecule has 1 saturated heterocycles. The number of anilines is 1. The summed E-state index contributed by atoms with van der Waals surface area (Å²) in [5, 5.41) is 11.6. The minimum Gasteiger partial charge on any atom is -0.366 e. The number of nitrogens with zero attached hydrogens (tertiary/aromatic N) is 3. The lowest BCUT2D eigenvalue weighted by Gasteiger charge is -2.19. The van der Waals surface area contributed by atoms with Gasteiger partial charge in [0.25, 0.3) is 5.69 Å². The fraction of sp³-hybridized carbons (Fsp3) is 0.286. The first-order valence-electron chi connectivity index (χ1n) is 6.53. The van der Waals surface area contributed by atoms with E-state index in [0.29, 0.717) is 10.7 Å². The van der Waals surface area contributed by atoms with Crippen LogP contribution in [0.15, 0.2) is 36.7 Å². The van der Waals surface area contributed by atoms with Gasteiger partial charge in [-0.15, -0.1) is 0 Å². The van der Waals surface area contributed by atoms with E-state index in [1.165, 1.54) is 6.07 Å². The number of benzene rings is 1. The van der Waals surface area contributed by atoms with Crippen LogP contribution in [0.25, 0.3) is 5.69 Å². The van der Waals surface area contributed by atoms with Gasteiger partial charge in [0, 0.05) is 31.5 Å². The van der Waals surface area contributed by atoms with Gasteiger partial charge >= 0.3 is 0 Å². The number of aromatic nitrogens is 1. The van der Waals surface area contributed by atoms with Crippen molar-refractivity contribution in [2.75, 3.05) is 18.0 Å². The van der Waals surface area contributed by atoms with E-state index in [1.807, 2.05) is 35.2 Å². The van der Waals surface area contributed by atoms with Crippen molar-refractivity contribution in [3.05, 3.63) is 51.8 Å². The molecule has 5 nitrogen and oxygen atoms in total. The Morgan fingerprint density at radius 1 is 1.10 bits per heavy atom. The molecule has 1 fully saturated rings. The summed E-state index contributed by atoms with van der Waals surface area (Å²) >= 11 is 6.20. The Bertz CT molecular complexity index is 634. The van der Waals surface area contributed by atoms with Crippen LogP contribution >= 0.6 is 11.6 Å². The van der Waals surface area contributed by atoms with Crippen molar-refractivity contribution in [2.45, 2.75) is 12.8 Å². The Morgan fingerprint density at radius 3 is 2.35 bits per heavy atom. The van der Waals surface area contributed by atoms with Crippen molar-refractivity contribution in [3.8, 4) is 5.69 Å². The zero-order chi connectivity index (χ0) is 14.1. The quantitative estimate of drug-likeness (QED) is 0.641. The fourth-order valence-corrected chi connectivity index (χ4v) is 2.85. The summed E-state index contributed by atoms with van der Waals surface area (Å²) in [6, 6.07) is 7.05. The first kappa shape index (κ1) is 13.0. The third-order valence-electron chi connectivity index (χ3n) is 3.57. The van der Waals surface area contributed by atoms with Gasteiger partial charge in [-0.1, -0.05) is 11.6 Å². The lowest BCUT2D eigenvalue weighted by molar-refractivity contribution is -0.384. The molecule has 0 N–H and O–H groups in total. The van der Waals surface area contributed by atoms with E-state index in [2.05, 4.69) is 4.90 Å². The summed E-state index contributed by atoms with van der Waals surface area (Å²) in [4.78, 5) is 12.9. The van der Waals surface area contributed by atoms with Crippen LogP contribution in [0.5, 0.6) is 0 Å². The summed E-state index contributed by atoms with van der Waals surface area (Å²) in [5.41, 5.74) is 1.50. The van der Waals surface area contributed by atoms with E-state index in [1.54, 1.807) is 0 Å². The molecule has 2 heterocycles. The van der Waals surface area contributed by atoms with Crippen LogP contribution in [0, 0.1) is 10.1 Å². The highest BCUT2D eigenvalue weighted by Gasteiger charge is 2.24. The topological polar surface area (TPSA) is 51.3 Å². The molecule has 1 aliphatic rings. The summed E-state index contributed by atoms with van der Waals surface area (Å²) in [6.07, 6.45) is 5.89. The van der Waals surface area contributed by atoms with E-state index in [9.17, 15) is 10.1 Å². The average molecular weight is 292 g/mol. The second kappa shape index (κ2) is 5.17. The van der Waals surface area contributed by atoms with Gasteiger partial charge in [-0.05, 0) is 31.0 Å². The van der Waals surface area contributed by atoms with Crippen LogP contribution in [0.1, 0.15) is 12.8 Å². The predicted molar refractivity (Wildman–Crippen MR) is 78.9 cm³/mol. The molecule has 0 unspecified atom stereocenters. The zero-order valence-corrected chi connectivity index (χ0v) is 11.6. The molecule has 3 rings (SSSR count). The SMILES string of the molecule is O=[N+]([O-])c1cc(Cl)c(-n2cccc2)cc1N1CCCC1. The van der Waals surface area contributed by atoms with Crippen LogP contribution < -0.4 is 4.90 Å². The summed E-state index contributed by atoms with van der Waals surface area (Å²) in [7, 11) is 0. The second-order valence-corrected chi connectivity index (χ2v) is 5.24. The molecule has 1 aliphatic heterocycles. The number of rotatable bonds is 3. The zero-order valence-electron chi connectivity index (χ0n) is 10.8. The lowest BCUT2D eigenvalue weighted by atomic mass is 10.2. The average Bonchev–Trinajstić information content (AvgIpc) is 3.11. The molecule has 0 spiro atoms. The number of hydrogen-bond acceptors (Lipinski definition) is 3. The van der Waals surface area contributed by atoms with E-state index >= 15 is 0 Å². The molecule has 0 aliphatic carbocycles. The van der Waals surface area contributed by atoms with E-state index in [4.69, 9.17) is 11.6 Å². The number of nitro benzene ring substituents is 1. The van der Waals surface area contributed by atoms with Gasteiger partial charge < -0.3 is 9.47 Å². The van der Waals surface area contributed by atoms with Gasteiger partial charge in [0.15, 0.2) is 0 Å². The van der Waals surface area contributed by atoms with E-state index in [0.717, 1.165) is 31.6 Å². The first-order chi connectivity index (χ1) is 9.66. The van der Waals surface area contributed by atoms with Gasteiger partial charge in [0.05, 0.1) is 15.6 Å². The first-order valence-corrected chi connectivity index (χ1v) is 6.91. The molecule has 0 amide bonds. The van der Waals surface area contributed by atoms with Crippen LogP contribution in [0.2, 0.25) is 5.02 Å². The van der Waals surface area contributed by atoms with Gasteiger partial charge in [-0.3, -0.25) is 10.1 Å². The van der Waals surface area contributed by atoms with Crippen molar-refractivity contribution in [1.82, 2.24) is 4.57 Å². The highest BCUT2D eigenvalue weighted by Crippen LogP contribution is 2.37. The maximum Gasteiger partial charge on any atom is 0.294 e. The Morgan fingerprint density at radius 2 is 1.75 bits per heavy atom. The van der Waals surface area contributed by atoms with Crippen LogP contribution in [-0.4, -0.2) is 22.6 Å². The van der Waals surface area contributed by atoms with Crippen molar-refractivity contribution in [2.24, 2.45) is 0 Å². The monoisotopic (exact) mass is 291 g/mol. The molecule has 0 radical (unpaired) electrons. The summed E-state index contributed by atoms with van der Waals surface area (Å²) in [5.74, 6) is 0. The largest absolute Gasteiger partial charge is 0.366 e. The molecule has 20 heavy (non-hydrogen) atoms. The molecule has 1 aromatic carbocycles. The standard InChI is InChI=1S/C14H14ClN3O2/c15-11-9-14(18(19)20)13(17-7-3-4-8-17)10-12(11)16-5-1-2-6-16/h1-2,5-6,9-10H,3-4,7-8H2. The Labute approximate surface area is 121 Å². The minimum atomic E-state index is -0.362. The van der Waals surface area contributed by atoms with E-state index < -0.39 is 0 Å². The van der Waals surface area contributed by atoms with Gasteiger partial charge in [-0.25, -0.2) is 0 Å². The maximum absolute atomic E-state index is 11.2. The van der Waals surface area contributed by atoms with Gasteiger partial charge in [0.2, 0.25) is 0 Å². The third-order valence-corrected chi connectivity index (χ3v) is 3.87. The third kappa shape index (κ3) is 2.25. The molecular weight excluding hydrogens is 278 g/mol. The smallest absolute Gasteiger partial charge is 0.294 e. The summed E-state index contributed by atoms with van der Waals surface area (Å²) < 4.78 is 1.87. The molecule has 0 saturated carbocycles. The molecule has 2 aromatic rings. The number of halogens is 1. The molecule has 0 atom stereocenters. The second-order valence-electron chi connectivity index (χ2n) is 4.83. The van der Waals surface area contributed by atoms with Crippen molar-refractivity contribution in [1.29, 1.82) is 0 Å². The minimum absolute atomic E-state index is 0.0767. The van der Waals surface area contributed by atoms with Crippen LogP contribution in [0.3, 0.4) is 0 Å². The molecule has 104 valence electrons. The van der Waals surface area contributed by atoms with Crippen molar-refractivity contribution < 1.29 is 4.92 Å². The van der Waals surface area contributed by atoms with Crippen LogP contribution in [0.4, 0.5) is 11.4 Å². The van der Waals surface area contributed by atoms with Crippen LogP contribution in [-0.2, 0) is 0 Å². The summed E-state index contributed by atoms with van der Waals surface area (Å²) in [6.45, 7) is 1.71. The predicted octanol–water partition coefficient (Wildman–Crippen LogP) is 3.64. The molecular formula is C14H14ClN3O2. The molecule has 6 heteroatoms. The molecule has 1 aromatic heterocycles. The highest BCUT2D eigenvalue weighted by atomic mass is 35.5. The molecule has 0 bridgehead atoms. The Balaban J connectivity index is 2.14. The Kier molecular flexibility index (Phi) is 3.36.